The number of anilines is 1. The van der Waals surface area contributed by atoms with Crippen LogP contribution in [0.4, 0.5) is 10.1 Å². The van der Waals surface area contributed by atoms with E-state index in [1.165, 1.54) is 17.7 Å². The minimum Gasteiger partial charge on any atom is -0.484 e. The van der Waals surface area contributed by atoms with Crippen LogP contribution in [0.1, 0.15) is 26.3 Å². The summed E-state index contributed by atoms with van der Waals surface area (Å²) in [6, 6.07) is 12.2. The van der Waals surface area contributed by atoms with Crippen molar-refractivity contribution in [2.75, 3.05) is 11.9 Å². The molecule has 122 valence electrons. The largest absolute Gasteiger partial charge is 0.484 e. The number of amides is 1. The lowest BCUT2D eigenvalue weighted by molar-refractivity contribution is -0.118. The molecule has 2 aromatic rings. The number of benzene rings is 2. The van der Waals surface area contributed by atoms with Crippen molar-refractivity contribution in [2.24, 2.45) is 0 Å². The molecular formula is C18H19FINO2. The number of halogens is 2. The number of hydrogen-bond donors (Lipinski definition) is 1. The van der Waals surface area contributed by atoms with Crippen molar-refractivity contribution in [3.05, 3.63) is 57.4 Å². The highest BCUT2D eigenvalue weighted by Crippen LogP contribution is 2.24. The molecule has 0 spiro atoms. The summed E-state index contributed by atoms with van der Waals surface area (Å²) >= 11 is 2.01. The number of nitrogens with one attached hydrogen (secondary N) is 1. The Morgan fingerprint density at radius 3 is 2.39 bits per heavy atom. The Bertz CT molecular complexity index is 693. The van der Waals surface area contributed by atoms with Crippen molar-refractivity contribution >= 4 is 34.2 Å². The topological polar surface area (TPSA) is 38.3 Å². The van der Waals surface area contributed by atoms with Crippen LogP contribution in [0, 0.1) is 9.39 Å². The lowest BCUT2D eigenvalue weighted by atomic mass is 9.87. The van der Waals surface area contributed by atoms with E-state index in [1.807, 2.05) is 46.9 Å². The highest BCUT2D eigenvalue weighted by molar-refractivity contribution is 14.1. The second kappa shape index (κ2) is 7.29. The van der Waals surface area contributed by atoms with E-state index in [2.05, 4.69) is 26.1 Å². The van der Waals surface area contributed by atoms with E-state index in [-0.39, 0.29) is 17.7 Å². The Morgan fingerprint density at radius 1 is 1.17 bits per heavy atom. The molecule has 0 fully saturated rings. The van der Waals surface area contributed by atoms with Crippen LogP contribution in [0.25, 0.3) is 0 Å². The summed E-state index contributed by atoms with van der Waals surface area (Å²) in [5, 5.41) is 2.50. The van der Waals surface area contributed by atoms with E-state index < -0.39 is 11.7 Å². The summed E-state index contributed by atoms with van der Waals surface area (Å²) in [7, 11) is 0. The molecule has 0 saturated carbocycles. The van der Waals surface area contributed by atoms with Crippen LogP contribution in [-0.2, 0) is 10.2 Å². The molecule has 0 radical (unpaired) electrons. The van der Waals surface area contributed by atoms with Crippen LogP contribution < -0.4 is 10.1 Å². The standard InChI is InChI=1S/C18H19FINO2/c1-18(2,3)12-4-7-14(8-5-12)23-11-17(22)21-16-9-6-13(20)10-15(16)19/h4-10H,11H2,1-3H3,(H,21,22). The number of ether oxygens (including phenoxy) is 1. The predicted molar refractivity (Wildman–Crippen MR) is 98.4 cm³/mol. The lowest BCUT2D eigenvalue weighted by Gasteiger charge is -2.19. The van der Waals surface area contributed by atoms with Crippen molar-refractivity contribution in [3.63, 3.8) is 0 Å². The molecule has 0 unspecified atom stereocenters. The molecule has 0 atom stereocenters. The molecule has 1 amide bonds. The van der Waals surface area contributed by atoms with E-state index in [0.29, 0.717) is 5.75 Å². The molecule has 2 rings (SSSR count). The monoisotopic (exact) mass is 427 g/mol. The van der Waals surface area contributed by atoms with Gasteiger partial charge >= 0.3 is 0 Å². The van der Waals surface area contributed by atoms with Gasteiger partial charge in [-0.1, -0.05) is 32.9 Å². The molecule has 3 nitrogen and oxygen atoms in total. The number of rotatable bonds is 4. The molecule has 0 aromatic heterocycles. The van der Waals surface area contributed by atoms with E-state index in [4.69, 9.17) is 4.74 Å². The van der Waals surface area contributed by atoms with Crippen LogP contribution in [-0.4, -0.2) is 12.5 Å². The molecule has 1 N–H and O–H groups in total. The van der Waals surface area contributed by atoms with Crippen molar-refractivity contribution in [1.82, 2.24) is 0 Å². The molecule has 5 heteroatoms. The first-order valence-electron chi connectivity index (χ1n) is 7.24. The van der Waals surface area contributed by atoms with Gasteiger partial charge in [-0.25, -0.2) is 4.39 Å². The maximum atomic E-state index is 13.7. The zero-order chi connectivity index (χ0) is 17.0. The zero-order valence-electron chi connectivity index (χ0n) is 13.3. The third kappa shape index (κ3) is 5.20. The van der Waals surface area contributed by atoms with E-state index in [0.717, 1.165) is 3.57 Å². The van der Waals surface area contributed by atoms with Crippen LogP contribution in [0.3, 0.4) is 0 Å². The summed E-state index contributed by atoms with van der Waals surface area (Å²) in [5.41, 5.74) is 1.41. The van der Waals surface area contributed by atoms with Gasteiger partial charge in [-0.3, -0.25) is 4.79 Å². The van der Waals surface area contributed by atoms with Gasteiger partial charge in [0.15, 0.2) is 6.61 Å². The average Bonchev–Trinajstić information content (AvgIpc) is 2.47. The summed E-state index contributed by atoms with van der Waals surface area (Å²) in [6.45, 7) is 6.23. The molecule has 0 aliphatic heterocycles. The summed E-state index contributed by atoms with van der Waals surface area (Å²) in [4.78, 5) is 11.8. The smallest absolute Gasteiger partial charge is 0.262 e. The van der Waals surface area contributed by atoms with Gasteiger partial charge in [0, 0.05) is 3.57 Å². The van der Waals surface area contributed by atoms with E-state index in [9.17, 15) is 9.18 Å². The van der Waals surface area contributed by atoms with Gasteiger partial charge in [-0.15, -0.1) is 0 Å². The SMILES string of the molecule is CC(C)(C)c1ccc(OCC(=O)Nc2ccc(I)cc2F)cc1. The first-order valence-corrected chi connectivity index (χ1v) is 8.32. The third-order valence-electron chi connectivity index (χ3n) is 3.30. The van der Waals surface area contributed by atoms with Crippen molar-refractivity contribution in [1.29, 1.82) is 0 Å². The van der Waals surface area contributed by atoms with Crippen molar-refractivity contribution in [3.8, 4) is 5.75 Å². The third-order valence-corrected chi connectivity index (χ3v) is 3.97. The Balaban J connectivity index is 1.91. The van der Waals surface area contributed by atoms with Gasteiger partial charge < -0.3 is 10.1 Å². The number of carbonyl (C=O) groups is 1. The maximum absolute atomic E-state index is 13.7. The Kier molecular flexibility index (Phi) is 5.62. The molecule has 0 bridgehead atoms. The average molecular weight is 427 g/mol. The summed E-state index contributed by atoms with van der Waals surface area (Å²) in [5.74, 6) is -0.249. The quantitative estimate of drug-likeness (QED) is 0.716. The molecule has 2 aromatic carbocycles. The molecule has 23 heavy (non-hydrogen) atoms. The highest BCUT2D eigenvalue weighted by Gasteiger charge is 2.13. The molecule has 0 saturated heterocycles. The lowest BCUT2D eigenvalue weighted by Crippen LogP contribution is -2.21. The van der Waals surface area contributed by atoms with Crippen molar-refractivity contribution in [2.45, 2.75) is 26.2 Å². The highest BCUT2D eigenvalue weighted by atomic mass is 127. The van der Waals surface area contributed by atoms with Gasteiger partial charge in [0.25, 0.3) is 5.91 Å². The van der Waals surface area contributed by atoms with Crippen LogP contribution >= 0.6 is 22.6 Å². The zero-order valence-corrected chi connectivity index (χ0v) is 15.5. The minimum atomic E-state index is -0.459. The number of carbonyl (C=O) groups excluding carboxylic acids is 1. The normalized spacial score (nSPS) is 11.2. The second-order valence-corrected chi connectivity index (χ2v) is 7.48. The number of hydrogen-bond acceptors (Lipinski definition) is 2. The van der Waals surface area contributed by atoms with Crippen molar-refractivity contribution < 1.29 is 13.9 Å². The predicted octanol–water partition coefficient (Wildman–Crippen LogP) is 4.75. The fourth-order valence-electron chi connectivity index (χ4n) is 1.98. The van der Waals surface area contributed by atoms with Gasteiger partial charge in [0.05, 0.1) is 5.69 Å². The van der Waals surface area contributed by atoms with Crippen LogP contribution in [0.2, 0.25) is 0 Å². The first kappa shape index (κ1) is 17.7. The molecule has 0 aliphatic rings. The maximum Gasteiger partial charge on any atom is 0.262 e. The van der Waals surface area contributed by atoms with E-state index >= 15 is 0 Å². The van der Waals surface area contributed by atoms with Crippen LogP contribution in [0.5, 0.6) is 5.75 Å². The minimum absolute atomic E-state index is 0.0677. The Hall–Kier alpha value is -1.63. The molecule has 0 aliphatic carbocycles. The summed E-state index contributed by atoms with van der Waals surface area (Å²) < 4.78 is 19.9. The fourth-order valence-corrected chi connectivity index (χ4v) is 2.43. The van der Waals surface area contributed by atoms with Gasteiger partial charge in [0.2, 0.25) is 0 Å². The molecular weight excluding hydrogens is 408 g/mol. The Morgan fingerprint density at radius 2 is 1.83 bits per heavy atom. The van der Waals surface area contributed by atoms with Crippen LogP contribution in [0.15, 0.2) is 42.5 Å². The first-order chi connectivity index (χ1) is 10.8. The fraction of sp³-hybridized carbons (Fsp3) is 0.278. The Labute approximate surface area is 149 Å². The van der Waals surface area contributed by atoms with Gasteiger partial charge in [-0.05, 0) is 63.9 Å². The van der Waals surface area contributed by atoms with E-state index in [1.54, 1.807) is 6.07 Å². The summed E-state index contributed by atoms with van der Waals surface area (Å²) in [6.07, 6.45) is 0. The second-order valence-electron chi connectivity index (χ2n) is 6.24. The van der Waals surface area contributed by atoms with Gasteiger partial charge in [-0.2, -0.15) is 0 Å². The van der Waals surface area contributed by atoms with Gasteiger partial charge in [0.1, 0.15) is 11.6 Å². The molecule has 0 heterocycles.